The van der Waals surface area contributed by atoms with Crippen LogP contribution in [0.1, 0.15) is 56.3 Å². The third kappa shape index (κ3) is 5.04. The average molecular weight is 520 g/mol. The lowest BCUT2D eigenvalue weighted by atomic mass is 9.93. The van der Waals surface area contributed by atoms with Crippen molar-refractivity contribution in [2.45, 2.75) is 51.9 Å². The van der Waals surface area contributed by atoms with Crippen LogP contribution in [0.25, 0.3) is 22.6 Å². The molecule has 3 heterocycles. The van der Waals surface area contributed by atoms with E-state index in [2.05, 4.69) is 31.0 Å². The third-order valence-corrected chi connectivity index (χ3v) is 8.93. The minimum absolute atomic E-state index is 0.124. The number of aromatic nitrogens is 5. The maximum Gasteiger partial charge on any atom is 0.133 e. The zero-order chi connectivity index (χ0) is 25.4. The molecule has 2 N–H and O–H groups in total. The highest BCUT2D eigenvalue weighted by atomic mass is 32.2. The largest absolute Gasteiger partial charge is 0.395 e. The topological polar surface area (TPSA) is 109 Å². The number of rotatable bonds is 8. The van der Waals surface area contributed by atoms with Crippen molar-refractivity contribution in [2.24, 2.45) is 5.41 Å². The van der Waals surface area contributed by atoms with Gasteiger partial charge < -0.3 is 14.7 Å². The lowest BCUT2D eigenvalue weighted by Gasteiger charge is -2.35. The molecule has 1 saturated heterocycles. The Hall–Kier alpha value is -3.11. The number of piperidine rings is 1. The van der Waals surface area contributed by atoms with E-state index < -0.39 is 11.0 Å². The van der Waals surface area contributed by atoms with E-state index in [9.17, 15) is 4.21 Å². The molecule has 1 unspecified atom stereocenters. The van der Waals surface area contributed by atoms with Gasteiger partial charge in [-0.05, 0) is 81.1 Å². The lowest BCUT2D eigenvalue weighted by Crippen LogP contribution is -2.35. The van der Waals surface area contributed by atoms with Crippen molar-refractivity contribution < 1.29 is 9.32 Å². The van der Waals surface area contributed by atoms with Crippen molar-refractivity contribution in [1.29, 1.82) is 0 Å². The van der Waals surface area contributed by atoms with Crippen LogP contribution in [0, 0.1) is 12.3 Å². The number of hydrogen-bond donors (Lipinski definition) is 2. The number of anilines is 2. The van der Waals surface area contributed by atoms with Gasteiger partial charge in [-0.15, -0.1) is 5.10 Å². The first-order chi connectivity index (χ1) is 18.0. The molecule has 2 aliphatic carbocycles. The van der Waals surface area contributed by atoms with Gasteiger partial charge in [-0.3, -0.25) is 4.98 Å². The monoisotopic (exact) mass is 519 g/mol. The second-order valence-corrected chi connectivity index (χ2v) is 11.7. The molecule has 1 spiro atoms. The first-order valence-corrected chi connectivity index (χ1v) is 14.5. The molecular weight excluding hydrogens is 486 g/mol. The van der Waals surface area contributed by atoms with Crippen molar-refractivity contribution in [3.63, 3.8) is 0 Å². The fraction of sp³-hybridized carbons (Fsp3) is 0.481. The van der Waals surface area contributed by atoms with E-state index in [-0.39, 0.29) is 12.4 Å². The minimum Gasteiger partial charge on any atom is -0.395 e. The van der Waals surface area contributed by atoms with Gasteiger partial charge >= 0.3 is 0 Å². The van der Waals surface area contributed by atoms with E-state index in [4.69, 9.17) is 10.1 Å². The van der Waals surface area contributed by atoms with Gasteiger partial charge in [0.25, 0.3) is 0 Å². The summed E-state index contributed by atoms with van der Waals surface area (Å²) in [5, 5.41) is 18.1. The molecule has 0 bridgehead atoms. The number of benzene rings is 1. The van der Waals surface area contributed by atoms with Crippen LogP contribution in [-0.4, -0.2) is 59.7 Å². The first kappa shape index (κ1) is 24.2. The van der Waals surface area contributed by atoms with Gasteiger partial charge in [0, 0.05) is 18.8 Å². The quantitative estimate of drug-likeness (QED) is 0.462. The van der Waals surface area contributed by atoms with E-state index in [1.54, 1.807) is 10.9 Å². The van der Waals surface area contributed by atoms with Gasteiger partial charge in [0.15, 0.2) is 0 Å². The summed E-state index contributed by atoms with van der Waals surface area (Å²) >= 11 is 0. The molecule has 3 aromatic rings. The Kier molecular flexibility index (Phi) is 6.54. The highest BCUT2D eigenvalue weighted by molar-refractivity contribution is 7.86. The molecule has 0 radical (unpaired) electrons. The minimum atomic E-state index is -1.34. The molecule has 6 rings (SSSR count). The first-order valence-electron chi connectivity index (χ1n) is 13.1. The molecule has 1 atom stereocenters. The van der Waals surface area contributed by atoms with Crippen molar-refractivity contribution in [3.05, 3.63) is 48.1 Å². The molecule has 1 aliphatic heterocycles. The zero-order valence-corrected chi connectivity index (χ0v) is 22.0. The summed E-state index contributed by atoms with van der Waals surface area (Å²) in [5.74, 6) is 0.187. The summed E-state index contributed by atoms with van der Waals surface area (Å²) < 4.78 is 17.1. The molecule has 9 nitrogen and oxygen atoms in total. The molecule has 3 aliphatic rings. The number of allylic oxidation sites excluding steroid dienone is 2. The van der Waals surface area contributed by atoms with Crippen LogP contribution < -0.4 is 9.62 Å². The van der Waals surface area contributed by atoms with Crippen molar-refractivity contribution in [2.75, 3.05) is 35.1 Å². The SMILES string of the molecule is Cc1ncc(-c2cn(-c3ccc(NS(=O)CCO)cc3N3CCC4(CC3)CC4)nn2)nc1C1=CCCC1. The fourth-order valence-corrected chi connectivity index (χ4v) is 6.12. The van der Waals surface area contributed by atoms with E-state index in [1.165, 1.54) is 31.3 Å². The molecule has 10 heteroatoms. The summed E-state index contributed by atoms with van der Waals surface area (Å²) in [5.41, 5.74) is 7.83. The molecule has 1 aromatic carbocycles. The molecule has 0 amide bonds. The lowest BCUT2D eigenvalue weighted by molar-refractivity contribution is 0.321. The summed E-state index contributed by atoms with van der Waals surface area (Å²) in [6, 6.07) is 5.93. The Balaban J connectivity index is 1.32. The number of aliphatic hydroxyl groups excluding tert-OH is 1. The van der Waals surface area contributed by atoms with Crippen LogP contribution in [0.3, 0.4) is 0 Å². The summed E-state index contributed by atoms with van der Waals surface area (Å²) in [4.78, 5) is 11.9. The Morgan fingerprint density at radius 3 is 2.70 bits per heavy atom. The van der Waals surface area contributed by atoms with Crippen LogP contribution in [-0.2, 0) is 11.0 Å². The molecule has 194 valence electrons. The summed E-state index contributed by atoms with van der Waals surface area (Å²) in [6.07, 6.45) is 14.3. The normalized spacial score (nSPS) is 19.2. The van der Waals surface area contributed by atoms with E-state index >= 15 is 0 Å². The van der Waals surface area contributed by atoms with Crippen molar-refractivity contribution >= 4 is 27.9 Å². The second kappa shape index (κ2) is 9.98. The summed E-state index contributed by atoms with van der Waals surface area (Å²) in [6.45, 7) is 3.85. The highest BCUT2D eigenvalue weighted by Crippen LogP contribution is 2.54. The van der Waals surface area contributed by atoms with Gasteiger partial charge in [0.2, 0.25) is 0 Å². The Bertz CT molecular complexity index is 1350. The fourth-order valence-electron chi connectivity index (χ4n) is 5.46. The molecule has 37 heavy (non-hydrogen) atoms. The maximum atomic E-state index is 12.2. The van der Waals surface area contributed by atoms with Gasteiger partial charge in [0.05, 0.1) is 47.5 Å². The van der Waals surface area contributed by atoms with Gasteiger partial charge in [-0.1, -0.05) is 11.3 Å². The number of aryl methyl sites for hydroxylation is 1. The number of aliphatic hydroxyl groups is 1. The molecule has 1 saturated carbocycles. The maximum absolute atomic E-state index is 12.2. The van der Waals surface area contributed by atoms with Crippen LogP contribution >= 0.6 is 0 Å². The van der Waals surface area contributed by atoms with Crippen molar-refractivity contribution in [1.82, 2.24) is 25.0 Å². The van der Waals surface area contributed by atoms with Gasteiger partial charge in [0.1, 0.15) is 22.4 Å². The number of nitrogens with one attached hydrogen (secondary N) is 1. The standard InChI is InChI=1S/C27H33N7O2S/c1-19-26(20-4-2-3-5-20)29-22(17-28-19)23-18-34(32-30-23)24-7-6-21(31-37(36)15-14-35)16-25(24)33-12-10-27(8-9-27)11-13-33/h4,6-7,16-18,31,35H,2-3,5,8-15H2,1H3. The molecular formula is C27H33N7O2S. The summed E-state index contributed by atoms with van der Waals surface area (Å²) in [7, 11) is -1.34. The molecule has 2 fully saturated rings. The van der Waals surface area contributed by atoms with Gasteiger partial charge in [-0.2, -0.15) is 0 Å². The van der Waals surface area contributed by atoms with E-state index in [0.717, 1.165) is 60.8 Å². The van der Waals surface area contributed by atoms with E-state index in [0.29, 0.717) is 16.8 Å². The third-order valence-electron chi connectivity index (χ3n) is 7.91. The number of nitrogens with zero attached hydrogens (tertiary/aromatic N) is 6. The predicted octanol–water partition coefficient (Wildman–Crippen LogP) is 4.05. The second-order valence-electron chi connectivity index (χ2n) is 10.4. The smallest absolute Gasteiger partial charge is 0.133 e. The Morgan fingerprint density at radius 2 is 1.97 bits per heavy atom. The Morgan fingerprint density at radius 1 is 1.14 bits per heavy atom. The zero-order valence-electron chi connectivity index (χ0n) is 21.2. The van der Waals surface area contributed by atoms with Crippen LogP contribution in [0.5, 0.6) is 0 Å². The van der Waals surface area contributed by atoms with E-state index in [1.807, 2.05) is 31.3 Å². The average Bonchev–Trinajstić information content (AvgIpc) is 3.29. The predicted molar refractivity (Wildman–Crippen MR) is 146 cm³/mol. The Labute approximate surface area is 219 Å². The van der Waals surface area contributed by atoms with Crippen LogP contribution in [0.4, 0.5) is 11.4 Å². The van der Waals surface area contributed by atoms with Gasteiger partial charge in [-0.25, -0.2) is 13.9 Å². The van der Waals surface area contributed by atoms with Crippen LogP contribution in [0.15, 0.2) is 36.7 Å². The highest BCUT2D eigenvalue weighted by Gasteiger charge is 2.44. The number of hydrogen-bond acceptors (Lipinski definition) is 7. The van der Waals surface area contributed by atoms with Crippen molar-refractivity contribution in [3.8, 4) is 17.1 Å². The molecule has 2 aromatic heterocycles. The van der Waals surface area contributed by atoms with Crippen LogP contribution in [0.2, 0.25) is 0 Å².